The Labute approximate surface area is 258 Å². The van der Waals surface area contributed by atoms with Crippen molar-refractivity contribution in [3.05, 3.63) is 77.7 Å². The Kier molecular flexibility index (Phi) is 6.77. The average molecular weight is 627 g/mol. The predicted molar refractivity (Wildman–Crippen MR) is 172 cm³/mol. The third-order valence-corrected chi connectivity index (χ3v) is 9.61. The molecule has 1 amide bonds. The van der Waals surface area contributed by atoms with Crippen LogP contribution in [-0.4, -0.2) is 46.5 Å². The molecule has 2 aromatic carbocycles. The van der Waals surface area contributed by atoms with Crippen molar-refractivity contribution in [1.82, 2.24) is 24.6 Å². The first kappa shape index (κ1) is 28.8. The lowest BCUT2D eigenvalue weighted by molar-refractivity contribution is 0.0964. The summed E-state index contributed by atoms with van der Waals surface area (Å²) in [6.07, 6.45) is 2.35. The van der Waals surface area contributed by atoms with Crippen LogP contribution >= 0.6 is 0 Å². The number of carbonyl (C=O) groups is 1. The molecule has 0 unspecified atom stereocenters. The maximum atomic E-state index is 14.7. The van der Waals surface area contributed by atoms with Crippen molar-refractivity contribution in [2.45, 2.75) is 39.8 Å². The molecule has 0 atom stereocenters. The number of furan rings is 1. The second kappa shape index (κ2) is 10.6. The molecule has 0 bridgehead atoms. The number of sulfonamides is 1. The summed E-state index contributed by atoms with van der Waals surface area (Å²) in [5.41, 5.74) is 5.74. The van der Waals surface area contributed by atoms with Gasteiger partial charge in [-0.05, 0) is 69.2 Å². The Bertz CT molecular complexity index is 2260. The molecule has 0 fully saturated rings. The van der Waals surface area contributed by atoms with Gasteiger partial charge in [-0.25, -0.2) is 17.8 Å². The van der Waals surface area contributed by atoms with Gasteiger partial charge in [-0.15, -0.1) is 0 Å². The maximum Gasteiger partial charge on any atom is 0.255 e. The van der Waals surface area contributed by atoms with Crippen molar-refractivity contribution in [2.75, 3.05) is 17.5 Å². The summed E-state index contributed by atoms with van der Waals surface area (Å²) in [4.78, 5) is 18.4. The molecular formula is C33H31FN6O4S. The second-order valence-electron chi connectivity index (χ2n) is 11.3. The fourth-order valence-electron chi connectivity index (χ4n) is 6.09. The summed E-state index contributed by atoms with van der Waals surface area (Å²) in [5, 5.41) is 8.13. The third-order valence-electron chi connectivity index (χ3n) is 8.31. The van der Waals surface area contributed by atoms with Crippen molar-refractivity contribution in [1.29, 1.82) is 0 Å². The largest absolute Gasteiger partial charge is 0.453 e. The van der Waals surface area contributed by atoms with E-state index >= 15 is 0 Å². The smallest absolute Gasteiger partial charge is 0.255 e. The Balaban J connectivity index is 1.48. The molecule has 1 aliphatic heterocycles. The van der Waals surface area contributed by atoms with Crippen LogP contribution in [0.5, 0.6) is 0 Å². The fourth-order valence-corrected chi connectivity index (χ4v) is 6.74. The molecule has 10 nitrogen and oxygen atoms in total. The highest BCUT2D eigenvalue weighted by atomic mass is 32.2. The van der Waals surface area contributed by atoms with Crippen LogP contribution < -0.4 is 10.0 Å². The van der Waals surface area contributed by atoms with E-state index in [1.807, 2.05) is 38.1 Å². The van der Waals surface area contributed by atoms with Crippen LogP contribution in [0, 0.1) is 5.82 Å². The third kappa shape index (κ3) is 4.67. The summed E-state index contributed by atoms with van der Waals surface area (Å²) in [5.74, 6) is -0.487. The summed E-state index contributed by atoms with van der Waals surface area (Å²) in [6.45, 7) is 6.19. The zero-order chi connectivity index (χ0) is 31.6. The molecule has 0 aliphatic carbocycles. The van der Waals surface area contributed by atoms with Gasteiger partial charge >= 0.3 is 0 Å². The lowest BCUT2D eigenvalue weighted by Crippen LogP contribution is -2.19. The van der Waals surface area contributed by atoms with Gasteiger partial charge in [0.25, 0.3) is 5.91 Å². The summed E-state index contributed by atoms with van der Waals surface area (Å²) in [6, 6.07) is 15.8. The van der Waals surface area contributed by atoms with E-state index in [0.29, 0.717) is 63.3 Å². The van der Waals surface area contributed by atoms with Crippen LogP contribution in [0.4, 0.5) is 10.1 Å². The first-order chi connectivity index (χ1) is 21.6. The normalized spacial score (nSPS) is 12.9. The minimum Gasteiger partial charge on any atom is -0.453 e. The van der Waals surface area contributed by atoms with E-state index in [0.717, 1.165) is 16.8 Å². The standard InChI is InChI=1S/C33H31FN6O4S/c1-5-45(42,43)38-25-17-29-22(30(33(41)35-4)32(44-29)27-11-13-36-40(27)18(2)3)15-21(25)24-10-9-19-12-14-39-26-8-6-7-23(34)20(26)16-28(39)31(19)37-24/h6-11,13,15-18,38H,5,12,14H2,1-4H3,(H,35,41). The Morgan fingerprint density at radius 2 is 1.91 bits per heavy atom. The van der Waals surface area contributed by atoms with Crippen LogP contribution in [0.1, 0.15) is 42.7 Å². The van der Waals surface area contributed by atoms with Gasteiger partial charge in [-0.1, -0.05) is 12.1 Å². The zero-order valence-electron chi connectivity index (χ0n) is 25.2. The lowest BCUT2D eigenvalue weighted by atomic mass is 9.99. The lowest BCUT2D eigenvalue weighted by Gasteiger charge is -2.20. The Morgan fingerprint density at radius 1 is 1.09 bits per heavy atom. The van der Waals surface area contributed by atoms with Gasteiger partial charge in [-0.3, -0.25) is 14.2 Å². The number of aryl methyl sites for hydroxylation is 2. The first-order valence-corrected chi connectivity index (χ1v) is 16.4. The number of nitrogens with zero attached hydrogens (tertiary/aromatic N) is 4. The molecule has 45 heavy (non-hydrogen) atoms. The molecule has 230 valence electrons. The molecule has 0 saturated heterocycles. The number of rotatable bonds is 7. The van der Waals surface area contributed by atoms with Gasteiger partial charge in [-0.2, -0.15) is 5.10 Å². The monoisotopic (exact) mass is 626 g/mol. The number of aromatic nitrogens is 4. The molecule has 1 aliphatic rings. The fraction of sp³-hybridized carbons (Fsp3) is 0.242. The highest BCUT2D eigenvalue weighted by Gasteiger charge is 2.28. The molecule has 0 saturated carbocycles. The van der Waals surface area contributed by atoms with Gasteiger partial charge < -0.3 is 14.3 Å². The number of anilines is 1. The first-order valence-electron chi connectivity index (χ1n) is 14.8. The predicted octanol–water partition coefficient (Wildman–Crippen LogP) is 6.38. The number of nitrogens with one attached hydrogen (secondary N) is 2. The van der Waals surface area contributed by atoms with E-state index in [-0.39, 0.29) is 29.2 Å². The van der Waals surface area contributed by atoms with Crippen LogP contribution in [0.3, 0.4) is 0 Å². The van der Waals surface area contributed by atoms with Crippen LogP contribution in [0.15, 0.2) is 65.2 Å². The number of halogens is 1. The Hall–Kier alpha value is -4.97. The quantitative estimate of drug-likeness (QED) is 0.212. The van der Waals surface area contributed by atoms with Gasteiger partial charge in [0.2, 0.25) is 10.0 Å². The molecule has 7 rings (SSSR count). The van der Waals surface area contributed by atoms with Crippen molar-refractivity contribution in [3.8, 4) is 34.1 Å². The van der Waals surface area contributed by atoms with Crippen molar-refractivity contribution >= 4 is 43.5 Å². The number of hydrogen-bond acceptors (Lipinski definition) is 6. The maximum absolute atomic E-state index is 14.7. The van der Waals surface area contributed by atoms with Crippen molar-refractivity contribution in [3.63, 3.8) is 0 Å². The topological polar surface area (TPSA) is 124 Å². The zero-order valence-corrected chi connectivity index (χ0v) is 26.0. The molecule has 5 heterocycles. The molecule has 6 aromatic rings. The van der Waals surface area contributed by atoms with E-state index in [1.54, 1.807) is 49.1 Å². The highest BCUT2D eigenvalue weighted by Crippen LogP contribution is 2.42. The van der Waals surface area contributed by atoms with E-state index < -0.39 is 10.0 Å². The van der Waals surface area contributed by atoms with Crippen LogP contribution in [0.25, 0.3) is 56.0 Å². The number of amides is 1. The van der Waals surface area contributed by atoms with Gasteiger partial charge in [0.1, 0.15) is 17.1 Å². The summed E-state index contributed by atoms with van der Waals surface area (Å²) < 4.78 is 53.3. The van der Waals surface area contributed by atoms with E-state index in [1.165, 1.54) is 6.07 Å². The summed E-state index contributed by atoms with van der Waals surface area (Å²) in [7, 11) is -2.16. The van der Waals surface area contributed by atoms with E-state index in [2.05, 4.69) is 19.7 Å². The minimum absolute atomic E-state index is 0.00741. The van der Waals surface area contributed by atoms with Gasteiger partial charge in [0.15, 0.2) is 5.76 Å². The molecule has 2 N–H and O–H groups in total. The van der Waals surface area contributed by atoms with Crippen molar-refractivity contribution < 1.29 is 22.0 Å². The molecular weight excluding hydrogens is 595 g/mol. The summed E-state index contributed by atoms with van der Waals surface area (Å²) >= 11 is 0. The van der Waals surface area contributed by atoms with Gasteiger partial charge in [0.05, 0.1) is 39.6 Å². The van der Waals surface area contributed by atoms with Crippen LogP contribution in [-0.2, 0) is 23.0 Å². The number of fused-ring (bicyclic) bond motifs is 6. The average Bonchev–Trinajstić information content (AvgIpc) is 3.76. The number of pyridine rings is 1. The Morgan fingerprint density at radius 3 is 2.67 bits per heavy atom. The van der Waals surface area contributed by atoms with Crippen LogP contribution in [0.2, 0.25) is 0 Å². The second-order valence-corrected chi connectivity index (χ2v) is 13.4. The molecule has 12 heteroatoms. The molecule has 0 radical (unpaired) electrons. The molecule has 4 aromatic heterocycles. The van der Waals surface area contributed by atoms with Crippen molar-refractivity contribution in [2.24, 2.45) is 0 Å². The SMILES string of the molecule is CCS(=O)(=O)Nc1cc2oc(-c3ccnn3C(C)C)c(C(=O)NC)c2cc1-c1ccc2c(n1)-c1cc3c(F)cccc3n1CC2. The number of benzene rings is 2. The van der Waals surface area contributed by atoms with E-state index in [4.69, 9.17) is 9.40 Å². The number of hydrogen-bond donors (Lipinski definition) is 2. The minimum atomic E-state index is -3.70. The van der Waals surface area contributed by atoms with Gasteiger partial charge in [0, 0.05) is 48.2 Å². The molecule has 0 spiro atoms. The number of carbonyl (C=O) groups excluding carboxylic acids is 1. The highest BCUT2D eigenvalue weighted by molar-refractivity contribution is 7.92. The van der Waals surface area contributed by atoms with E-state index in [9.17, 15) is 17.6 Å².